The summed E-state index contributed by atoms with van der Waals surface area (Å²) in [6.45, 7) is 2.74. The molecule has 0 bridgehead atoms. The minimum atomic E-state index is -0.0972. The zero-order valence-corrected chi connectivity index (χ0v) is 14.7. The van der Waals surface area contributed by atoms with E-state index in [1.807, 2.05) is 59.2 Å². The van der Waals surface area contributed by atoms with Gasteiger partial charge in [-0.15, -0.1) is 0 Å². The summed E-state index contributed by atoms with van der Waals surface area (Å²) in [4.78, 5) is 28.6. The molecule has 6 nitrogen and oxygen atoms in total. The fourth-order valence-corrected chi connectivity index (χ4v) is 2.74. The third-order valence-electron chi connectivity index (χ3n) is 4.13. The summed E-state index contributed by atoms with van der Waals surface area (Å²) in [6.07, 6.45) is 0.414. The molecule has 0 saturated heterocycles. The van der Waals surface area contributed by atoms with Crippen LogP contribution in [0, 0.1) is 0 Å². The Morgan fingerprint density at radius 1 is 0.923 bits per heavy atom. The second kappa shape index (κ2) is 8.29. The average Bonchev–Trinajstić information content (AvgIpc) is 3.03. The van der Waals surface area contributed by atoms with Crippen molar-refractivity contribution in [3.05, 3.63) is 66.0 Å². The second-order valence-corrected chi connectivity index (χ2v) is 6.00. The monoisotopic (exact) mass is 350 g/mol. The Bertz CT molecular complexity index is 903. The first-order chi connectivity index (χ1) is 12.7. The van der Waals surface area contributed by atoms with Crippen molar-refractivity contribution >= 4 is 22.8 Å². The molecule has 2 N–H and O–H groups in total. The molecule has 0 spiro atoms. The molecule has 1 heterocycles. The number of nitrogens with zero attached hydrogens (tertiary/aromatic N) is 2. The van der Waals surface area contributed by atoms with Gasteiger partial charge in [-0.25, -0.2) is 4.98 Å². The highest BCUT2D eigenvalue weighted by Crippen LogP contribution is 2.16. The van der Waals surface area contributed by atoms with Crippen LogP contribution in [0.5, 0.6) is 0 Å². The molecule has 0 aliphatic rings. The average molecular weight is 350 g/mol. The van der Waals surface area contributed by atoms with Crippen LogP contribution in [-0.4, -0.2) is 21.4 Å². The van der Waals surface area contributed by atoms with Crippen LogP contribution in [0.4, 0.5) is 0 Å². The molecule has 0 unspecified atom stereocenters. The highest BCUT2D eigenvalue weighted by molar-refractivity contribution is 5.81. The van der Waals surface area contributed by atoms with Gasteiger partial charge in [-0.3, -0.25) is 9.59 Å². The van der Waals surface area contributed by atoms with E-state index in [4.69, 9.17) is 0 Å². The predicted molar refractivity (Wildman–Crippen MR) is 100 cm³/mol. The van der Waals surface area contributed by atoms with Crippen LogP contribution in [0.25, 0.3) is 11.0 Å². The molecule has 0 aliphatic carbocycles. The maximum Gasteiger partial charge on any atom is 0.240 e. The van der Waals surface area contributed by atoms with Crippen LogP contribution in [0.3, 0.4) is 0 Å². The van der Waals surface area contributed by atoms with Crippen molar-refractivity contribution in [1.82, 2.24) is 20.2 Å². The van der Waals surface area contributed by atoms with E-state index in [0.717, 1.165) is 16.6 Å². The topological polar surface area (TPSA) is 76.0 Å². The zero-order valence-electron chi connectivity index (χ0n) is 14.7. The highest BCUT2D eigenvalue weighted by Gasteiger charge is 2.14. The first-order valence-corrected chi connectivity index (χ1v) is 8.69. The van der Waals surface area contributed by atoms with E-state index in [0.29, 0.717) is 25.3 Å². The van der Waals surface area contributed by atoms with Crippen molar-refractivity contribution in [2.75, 3.05) is 0 Å². The normalized spacial score (nSPS) is 10.7. The smallest absolute Gasteiger partial charge is 0.240 e. The van der Waals surface area contributed by atoms with Crippen molar-refractivity contribution in [3.8, 4) is 0 Å². The number of aromatic nitrogens is 2. The largest absolute Gasteiger partial charge is 0.350 e. The van der Waals surface area contributed by atoms with Crippen molar-refractivity contribution in [2.45, 2.75) is 33.0 Å². The van der Waals surface area contributed by atoms with Gasteiger partial charge in [0.1, 0.15) is 12.4 Å². The van der Waals surface area contributed by atoms with Crippen molar-refractivity contribution in [3.63, 3.8) is 0 Å². The van der Waals surface area contributed by atoms with Gasteiger partial charge in [0.2, 0.25) is 11.8 Å². The van der Waals surface area contributed by atoms with Crippen LogP contribution in [0.1, 0.15) is 24.7 Å². The minimum absolute atomic E-state index is 0.0443. The van der Waals surface area contributed by atoms with Gasteiger partial charge in [-0.2, -0.15) is 0 Å². The van der Waals surface area contributed by atoms with Gasteiger partial charge < -0.3 is 15.2 Å². The molecule has 0 saturated carbocycles. The number of benzene rings is 2. The Morgan fingerprint density at radius 2 is 1.62 bits per heavy atom. The van der Waals surface area contributed by atoms with Crippen molar-refractivity contribution < 1.29 is 9.59 Å². The molecule has 3 rings (SSSR count). The number of fused-ring (bicyclic) bond motifs is 1. The zero-order chi connectivity index (χ0) is 18.4. The molecular formula is C20H22N4O2. The molecule has 2 amide bonds. The van der Waals surface area contributed by atoms with Crippen LogP contribution < -0.4 is 10.6 Å². The van der Waals surface area contributed by atoms with Gasteiger partial charge in [-0.1, -0.05) is 49.4 Å². The Kier molecular flexibility index (Phi) is 5.63. The first kappa shape index (κ1) is 17.7. The fraction of sp³-hybridized carbons (Fsp3) is 0.250. The molecule has 26 heavy (non-hydrogen) atoms. The van der Waals surface area contributed by atoms with Gasteiger partial charge >= 0.3 is 0 Å². The highest BCUT2D eigenvalue weighted by atomic mass is 16.2. The quantitative estimate of drug-likeness (QED) is 0.687. The minimum Gasteiger partial charge on any atom is -0.350 e. The van der Waals surface area contributed by atoms with Gasteiger partial charge in [0.05, 0.1) is 17.6 Å². The fourth-order valence-electron chi connectivity index (χ4n) is 2.74. The number of hydrogen-bond donors (Lipinski definition) is 2. The Labute approximate surface area is 152 Å². The Hall–Kier alpha value is -3.15. The third kappa shape index (κ3) is 4.27. The van der Waals surface area contributed by atoms with E-state index in [1.165, 1.54) is 0 Å². The maximum atomic E-state index is 12.4. The van der Waals surface area contributed by atoms with Crippen LogP contribution in [-0.2, 0) is 29.2 Å². The molecule has 0 aliphatic heterocycles. The van der Waals surface area contributed by atoms with E-state index in [2.05, 4.69) is 15.6 Å². The lowest BCUT2D eigenvalue weighted by Crippen LogP contribution is -2.29. The molecule has 0 fully saturated rings. The second-order valence-electron chi connectivity index (χ2n) is 6.00. The van der Waals surface area contributed by atoms with Crippen LogP contribution in [0.2, 0.25) is 0 Å². The van der Waals surface area contributed by atoms with E-state index in [-0.39, 0.29) is 18.4 Å². The lowest BCUT2D eigenvalue weighted by atomic mass is 10.2. The number of hydrogen-bond acceptors (Lipinski definition) is 3. The number of carbonyl (C=O) groups is 2. The van der Waals surface area contributed by atoms with Crippen LogP contribution >= 0.6 is 0 Å². The van der Waals surface area contributed by atoms with E-state index < -0.39 is 0 Å². The standard InChI is InChI=1S/C20H22N4O2/c1-2-19(25)22-13-18-23-16-10-6-7-11-17(16)24(18)14-20(26)21-12-15-8-4-3-5-9-15/h3-11H,2,12-14H2,1H3,(H,21,26)(H,22,25). The molecule has 6 heteroatoms. The van der Waals surface area contributed by atoms with Gasteiger partial charge in [0, 0.05) is 13.0 Å². The van der Waals surface area contributed by atoms with E-state index in [1.54, 1.807) is 6.92 Å². The van der Waals surface area contributed by atoms with Gasteiger partial charge in [0.15, 0.2) is 0 Å². The number of rotatable bonds is 7. The molecular weight excluding hydrogens is 328 g/mol. The number of para-hydroxylation sites is 2. The lowest BCUT2D eigenvalue weighted by Gasteiger charge is -2.11. The summed E-state index contributed by atoms with van der Waals surface area (Å²) in [5.74, 6) is 0.528. The summed E-state index contributed by atoms with van der Waals surface area (Å²) in [5, 5.41) is 5.76. The number of carbonyl (C=O) groups excluding carboxylic acids is 2. The molecule has 134 valence electrons. The van der Waals surface area contributed by atoms with E-state index in [9.17, 15) is 9.59 Å². The molecule has 0 atom stereocenters. The summed E-state index contributed by atoms with van der Waals surface area (Å²) in [5.41, 5.74) is 2.74. The summed E-state index contributed by atoms with van der Waals surface area (Å²) < 4.78 is 1.85. The van der Waals surface area contributed by atoms with Gasteiger partial charge in [-0.05, 0) is 17.7 Å². The van der Waals surface area contributed by atoms with Crippen LogP contribution in [0.15, 0.2) is 54.6 Å². The summed E-state index contributed by atoms with van der Waals surface area (Å²) in [6, 6.07) is 17.4. The lowest BCUT2D eigenvalue weighted by molar-refractivity contribution is -0.122. The molecule has 2 aromatic carbocycles. The first-order valence-electron chi connectivity index (χ1n) is 8.69. The van der Waals surface area contributed by atoms with Crippen molar-refractivity contribution in [2.24, 2.45) is 0 Å². The Balaban J connectivity index is 1.74. The number of amides is 2. The van der Waals surface area contributed by atoms with Gasteiger partial charge in [0.25, 0.3) is 0 Å². The van der Waals surface area contributed by atoms with E-state index >= 15 is 0 Å². The summed E-state index contributed by atoms with van der Waals surface area (Å²) in [7, 11) is 0. The third-order valence-corrected chi connectivity index (χ3v) is 4.13. The maximum absolute atomic E-state index is 12.4. The Morgan fingerprint density at radius 3 is 2.38 bits per heavy atom. The number of imidazole rings is 1. The molecule has 1 aromatic heterocycles. The molecule has 0 radical (unpaired) electrons. The SMILES string of the molecule is CCC(=O)NCc1nc2ccccc2n1CC(=O)NCc1ccccc1. The number of nitrogens with one attached hydrogen (secondary N) is 2. The predicted octanol–water partition coefficient (Wildman–Crippen LogP) is 2.38. The van der Waals surface area contributed by atoms with Crippen molar-refractivity contribution in [1.29, 1.82) is 0 Å². The summed E-state index contributed by atoms with van der Waals surface area (Å²) >= 11 is 0. The molecule has 3 aromatic rings.